The number of rotatable bonds is 6. The van der Waals surface area contributed by atoms with Crippen molar-refractivity contribution in [2.45, 2.75) is 57.7 Å². The molecular weight excluding hydrogens is 217 g/mol. The lowest BCUT2D eigenvalue weighted by Crippen LogP contribution is -2.42. The van der Waals surface area contributed by atoms with E-state index >= 15 is 0 Å². The first-order valence-electron chi connectivity index (χ1n) is 5.95. The molecule has 0 spiro atoms. The van der Waals surface area contributed by atoms with Gasteiger partial charge in [0.2, 0.25) is 0 Å². The van der Waals surface area contributed by atoms with Gasteiger partial charge in [-0.05, 0) is 18.7 Å². The van der Waals surface area contributed by atoms with Crippen LogP contribution in [0.15, 0.2) is 0 Å². The zero-order chi connectivity index (χ0) is 13.0. The maximum absolute atomic E-state index is 9.51. The largest absolute Gasteiger partial charge is 0.451 e. The van der Waals surface area contributed by atoms with Gasteiger partial charge in [-0.25, -0.2) is 0 Å². The minimum absolute atomic E-state index is 0.262. The second-order valence-corrected chi connectivity index (χ2v) is 11.3. The van der Waals surface area contributed by atoms with E-state index in [1.807, 2.05) is 0 Å². The Kier molecular flexibility index (Phi) is 5.74. The van der Waals surface area contributed by atoms with E-state index in [0.29, 0.717) is 18.7 Å². The Morgan fingerprint density at radius 2 is 1.81 bits per heavy atom. The van der Waals surface area contributed by atoms with Gasteiger partial charge in [0.05, 0.1) is 19.2 Å². The molecule has 0 rings (SSSR count). The lowest BCUT2D eigenvalue weighted by Gasteiger charge is -2.41. The second-order valence-electron chi connectivity index (χ2n) is 5.86. The Labute approximate surface area is 101 Å². The molecule has 5 heteroatoms. The van der Waals surface area contributed by atoms with E-state index in [-0.39, 0.29) is 5.04 Å². The molecule has 0 radical (unpaired) electrons. The first-order valence-corrected chi connectivity index (χ1v) is 9.45. The standard InChI is InChI=1S/C11H24BNO2Si/c1-10(2)11(9-13,16(3,4)5)7-6-8-12(14)15/h10,14-15H,6-8H2,1-5H3. The van der Waals surface area contributed by atoms with E-state index in [1.165, 1.54) is 0 Å². The van der Waals surface area contributed by atoms with Gasteiger partial charge in [-0.3, -0.25) is 0 Å². The van der Waals surface area contributed by atoms with Crippen molar-refractivity contribution in [2.24, 2.45) is 5.92 Å². The molecule has 0 aliphatic carbocycles. The van der Waals surface area contributed by atoms with Crippen molar-refractivity contribution in [3.8, 4) is 6.07 Å². The molecule has 0 aliphatic heterocycles. The molecule has 0 amide bonds. The molecule has 0 aromatic heterocycles. The van der Waals surface area contributed by atoms with Gasteiger partial charge >= 0.3 is 7.12 Å². The highest BCUT2D eigenvalue weighted by molar-refractivity contribution is 6.80. The summed E-state index contributed by atoms with van der Waals surface area (Å²) in [5.74, 6) is 0.319. The average Bonchev–Trinajstić information content (AvgIpc) is 2.09. The Hall–Kier alpha value is -0.308. The second kappa shape index (κ2) is 5.85. The number of nitriles is 1. The molecule has 3 nitrogen and oxygen atoms in total. The normalized spacial score (nSPS) is 15.7. The van der Waals surface area contributed by atoms with E-state index < -0.39 is 15.2 Å². The fraction of sp³-hybridized carbons (Fsp3) is 0.909. The van der Waals surface area contributed by atoms with Gasteiger partial charge in [0.1, 0.15) is 0 Å². The summed E-state index contributed by atoms with van der Waals surface area (Å²) in [4.78, 5) is 0. The summed E-state index contributed by atoms with van der Waals surface area (Å²) in [5.41, 5.74) is 0. The first kappa shape index (κ1) is 15.7. The van der Waals surface area contributed by atoms with E-state index in [4.69, 9.17) is 10.0 Å². The molecule has 16 heavy (non-hydrogen) atoms. The lowest BCUT2D eigenvalue weighted by atomic mass is 9.80. The third-order valence-electron chi connectivity index (χ3n) is 3.56. The van der Waals surface area contributed by atoms with Crippen LogP contribution in [-0.2, 0) is 0 Å². The Morgan fingerprint density at radius 1 is 1.31 bits per heavy atom. The molecular formula is C11H24BNO2Si. The van der Waals surface area contributed by atoms with Crippen LogP contribution >= 0.6 is 0 Å². The Bertz CT molecular complexity index is 258. The predicted molar refractivity (Wildman–Crippen MR) is 70.7 cm³/mol. The Balaban J connectivity index is 4.76. The first-order chi connectivity index (χ1) is 7.17. The summed E-state index contributed by atoms with van der Waals surface area (Å²) >= 11 is 0. The van der Waals surface area contributed by atoms with Gasteiger partial charge in [-0.15, -0.1) is 0 Å². The molecule has 0 fully saturated rings. The van der Waals surface area contributed by atoms with Crippen molar-refractivity contribution < 1.29 is 10.0 Å². The van der Waals surface area contributed by atoms with Crippen LogP contribution in [0.1, 0.15) is 26.7 Å². The van der Waals surface area contributed by atoms with Crippen molar-refractivity contribution in [1.29, 1.82) is 5.26 Å². The summed E-state index contributed by atoms with van der Waals surface area (Å²) in [7, 11) is -2.84. The molecule has 1 unspecified atom stereocenters. The van der Waals surface area contributed by atoms with Gasteiger partial charge in [0.25, 0.3) is 0 Å². The molecule has 0 bridgehead atoms. The van der Waals surface area contributed by atoms with Crippen LogP contribution in [0.25, 0.3) is 0 Å². The van der Waals surface area contributed by atoms with Crippen LogP contribution in [-0.4, -0.2) is 25.2 Å². The van der Waals surface area contributed by atoms with Crippen LogP contribution in [0.2, 0.25) is 31.0 Å². The van der Waals surface area contributed by atoms with Crippen molar-refractivity contribution >= 4 is 15.2 Å². The zero-order valence-corrected chi connectivity index (χ0v) is 12.1. The summed E-state index contributed by atoms with van der Waals surface area (Å²) < 4.78 is 0. The van der Waals surface area contributed by atoms with Gasteiger partial charge in [-0.2, -0.15) is 5.26 Å². The highest BCUT2D eigenvalue weighted by Crippen LogP contribution is 2.48. The van der Waals surface area contributed by atoms with Crippen molar-refractivity contribution in [1.82, 2.24) is 0 Å². The van der Waals surface area contributed by atoms with Gasteiger partial charge < -0.3 is 10.0 Å². The minimum atomic E-state index is -1.60. The number of hydrogen-bond donors (Lipinski definition) is 2. The molecule has 0 saturated carbocycles. The van der Waals surface area contributed by atoms with Crippen LogP contribution in [0.5, 0.6) is 0 Å². The molecule has 0 heterocycles. The van der Waals surface area contributed by atoms with E-state index in [2.05, 4.69) is 39.6 Å². The minimum Gasteiger partial charge on any atom is -0.427 e. The predicted octanol–water partition coefficient (Wildman–Crippen LogP) is 2.50. The van der Waals surface area contributed by atoms with Crippen LogP contribution < -0.4 is 0 Å². The maximum atomic E-state index is 9.51. The average molecular weight is 241 g/mol. The van der Waals surface area contributed by atoms with Crippen LogP contribution in [0.3, 0.4) is 0 Å². The van der Waals surface area contributed by atoms with Crippen molar-refractivity contribution in [3.63, 3.8) is 0 Å². The molecule has 0 saturated heterocycles. The topological polar surface area (TPSA) is 64.2 Å². The Morgan fingerprint density at radius 3 is 2.06 bits per heavy atom. The summed E-state index contributed by atoms with van der Waals surface area (Å²) in [5, 5.41) is 26.9. The monoisotopic (exact) mass is 241 g/mol. The summed E-state index contributed by atoms with van der Waals surface area (Å²) in [6.45, 7) is 10.8. The van der Waals surface area contributed by atoms with Crippen molar-refractivity contribution in [3.05, 3.63) is 0 Å². The lowest BCUT2D eigenvalue weighted by molar-refractivity contribution is 0.391. The molecule has 0 aromatic carbocycles. The van der Waals surface area contributed by atoms with Crippen molar-refractivity contribution in [2.75, 3.05) is 0 Å². The third-order valence-corrected chi connectivity index (χ3v) is 7.17. The SMILES string of the molecule is CC(C)C(C#N)(CCCB(O)O)[Si](C)(C)C. The molecule has 0 aliphatic rings. The van der Waals surface area contributed by atoms with Gasteiger partial charge in [-0.1, -0.05) is 39.9 Å². The zero-order valence-electron chi connectivity index (χ0n) is 11.1. The van der Waals surface area contributed by atoms with E-state index in [1.54, 1.807) is 0 Å². The highest BCUT2D eigenvalue weighted by Gasteiger charge is 2.45. The van der Waals surface area contributed by atoms with E-state index in [9.17, 15) is 5.26 Å². The van der Waals surface area contributed by atoms with Crippen LogP contribution in [0.4, 0.5) is 0 Å². The van der Waals surface area contributed by atoms with Crippen LogP contribution in [0, 0.1) is 17.2 Å². The van der Waals surface area contributed by atoms with E-state index in [0.717, 1.165) is 6.42 Å². The molecule has 1 atom stereocenters. The smallest absolute Gasteiger partial charge is 0.427 e. The summed E-state index contributed by atoms with van der Waals surface area (Å²) in [6.07, 6.45) is 1.84. The molecule has 2 N–H and O–H groups in total. The summed E-state index contributed by atoms with van der Waals surface area (Å²) in [6, 6.07) is 2.53. The highest BCUT2D eigenvalue weighted by atomic mass is 28.3. The third kappa shape index (κ3) is 3.62. The number of hydrogen-bond acceptors (Lipinski definition) is 3. The molecule has 0 aromatic rings. The quantitative estimate of drug-likeness (QED) is 0.702. The fourth-order valence-corrected chi connectivity index (χ4v) is 5.44. The molecule has 92 valence electrons. The number of nitrogens with zero attached hydrogens (tertiary/aromatic N) is 1. The maximum Gasteiger partial charge on any atom is 0.451 e. The van der Waals surface area contributed by atoms with Gasteiger partial charge in [0.15, 0.2) is 0 Å². The van der Waals surface area contributed by atoms with Gasteiger partial charge in [0, 0.05) is 0 Å². The fourth-order valence-electron chi connectivity index (χ4n) is 2.45.